The summed E-state index contributed by atoms with van der Waals surface area (Å²) >= 11 is 9.43. The molecule has 1 aromatic carbocycles. The highest BCUT2D eigenvalue weighted by atomic mass is 79.9. The summed E-state index contributed by atoms with van der Waals surface area (Å²) in [7, 11) is 0. The molecule has 3 aromatic rings. The Bertz CT molecular complexity index is 963. The molecule has 0 unspecified atom stereocenters. The topological polar surface area (TPSA) is 59.2 Å². The number of piperazine rings is 1. The number of carbonyl (C=O) groups is 1. The molecule has 0 N–H and O–H groups in total. The minimum atomic E-state index is -0.0252. The van der Waals surface area contributed by atoms with Crippen molar-refractivity contribution in [2.45, 2.75) is 13.2 Å². The number of hydrogen-bond acceptors (Lipinski definition) is 4. The van der Waals surface area contributed by atoms with E-state index in [1.54, 1.807) is 27.8 Å². The van der Waals surface area contributed by atoms with Gasteiger partial charge in [-0.05, 0) is 39.7 Å². The number of carbonyl (C=O) groups excluding carboxylic acids is 1. The fourth-order valence-corrected chi connectivity index (χ4v) is 3.82. The van der Waals surface area contributed by atoms with Gasteiger partial charge in [-0.2, -0.15) is 10.2 Å². The van der Waals surface area contributed by atoms with Gasteiger partial charge in [-0.15, -0.1) is 0 Å². The van der Waals surface area contributed by atoms with Gasteiger partial charge in [0.1, 0.15) is 12.4 Å². The van der Waals surface area contributed by atoms with Crippen LogP contribution < -0.4 is 0 Å². The minimum absolute atomic E-state index is 0.0252. The van der Waals surface area contributed by atoms with Crippen molar-refractivity contribution in [1.29, 1.82) is 0 Å². The monoisotopic (exact) mass is 462 g/mol. The molecule has 1 aliphatic rings. The van der Waals surface area contributed by atoms with Gasteiger partial charge < -0.3 is 4.90 Å². The molecule has 0 bridgehead atoms. The maximum atomic E-state index is 12.8. The first-order valence-corrected chi connectivity index (χ1v) is 10.2. The highest BCUT2D eigenvalue weighted by Gasteiger charge is 2.23. The standard InChI is InChI=1S/C19H20BrClN6O/c20-16-11-22-27(13-16)14-26-5-4-18(23-26)19(28)25-8-6-24(7-9-25)12-15-2-1-3-17(21)10-15/h1-5,10-11,13H,6-9,12,14H2. The largest absolute Gasteiger partial charge is 0.335 e. The maximum Gasteiger partial charge on any atom is 0.274 e. The van der Waals surface area contributed by atoms with Crippen LogP contribution in [-0.2, 0) is 13.2 Å². The lowest BCUT2D eigenvalue weighted by Crippen LogP contribution is -2.48. The van der Waals surface area contributed by atoms with Crippen molar-refractivity contribution in [3.63, 3.8) is 0 Å². The quantitative estimate of drug-likeness (QED) is 0.584. The fourth-order valence-electron chi connectivity index (χ4n) is 3.28. The Morgan fingerprint density at radius 1 is 1.14 bits per heavy atom. The van der Waals surface area contributed by atoms with Crippen molar-refractivity contribution >= 4 is 33.4 Å². The second kappa shape index (κ2) is 8.46. The van der Waals surface area contributed by atoms with Gasteiger partial charge in [-0.3, -0.25) is 14.4 Å². The van der Waals surface area contributed by atoms with Gasteiger partial charge >= 0.3 is 0 Å². The van der Waals surface area contributed by atoms with Gasteiger partial charge in [-0.25, -0.2) is 4.68 Å². The molecule has 1 fully saturated rings. The lowest BCUT2D eigenvalue weighted by atomic mass is 10.2. The predicted molar refractivity (Wildman–Crippen MR) is 110 cm³/mol. The average Bonchev–Trinajstić information content (AvgIpc) is 3.31. The molecule has 4 rings (SSSR count). The van der Waals surface area contributed by atoms with E-state index in [4.69, 9.17) is 11.6 Å². The minimum Gasteiger partial charge on any atom is -0.335 e. The third-order valence-electron chi connectivity index (χ3n) is 4.71. The van der Waals surface area contributed by atoms with Gasteiger partial charge in [0.2, 0.25) is 0 Å². The average molecular weight is 464 g/mol. The van der Waals surface area contributed by atoms with E-state index in [2.05, 4.69) is 37.1 Å². The second-order valence-electron chi connectivity index (χ2n) is 6.78. The van der Waals surface area contributed by atoms with E-state index >= 15 is 0 Å². The lowest BCUT2D eigenvalue weighted by molar-refractivity contribution is 0.0621. The van der Waals surface area contributed by atoms with Crippen molar-refractivity contribution in [2.24, 2.45) is 0 Å². The SMILES string of the molecule is O=C(c1ccn(Cn2cc(Br)cn2)n1)N1CCN(Cc2cccc(Cl)c2)CC1. The molecule has 0 spiro atoms. The molecule has 2 aromatic heterocycles. The van der Waals surface area contributed by atoms with Crippen LogP contribution in [0.15, 0.2) is 53.4 Å². The number of hydrogen-bond donors (Lipinski definition) is 0. The Hall–Kier alpha value is -2.16. The van der Waals surface area contributed by atoms with E-state index in [9.17, 15) is 4.79 Å². The predicted octanol–water partition coefficient (Wildman–Crippen LogP) is 2.96. The van der Waals surface area contributed by atoms with Gasteiger partial charge in [-0.1, -0.05) is 23.7 Å². The molecule has 146 valence electrons. The Morgan fingerprint density at radius 3 is 2.68 bits per heavy atom. The van der Waals surface area contributed by atoms with E-state index in [0.717, 1.165) is 29.1 Å². The van der Waals surface area contributed by atoms with Gasteiger partial charge in [0.25, 0.3) is 5.91 Å². The molecule has 0 atom stereocenters. The van der Waals surface area contributed by atoms with Crippen LogP contribution in [0.2, 0.25) is 5.02 Å². The second-order valence-corrected chi connectivity index (χ2v) is 8.13. The van der Waals surface area contributed by atoms with E-state index in [1.165, 1.54) is 5.56 Å². The first-order chi connectivity index (χ1) is 13.6. The zero-order chi connectivity index (χ0) is 19.5. The number of halogens is 2. The van der Waals surface area contributed by atoms with E-state index in [0.29, 0.717) is 25.5 Å². The highest BCUT2D eigenvalue weighted by molar-refractivity contribution is 9.10. The van der Waals surface area contributed by atoms with Crippen molar-refractivity contribution in [1.82, 2.24) is 29.4 Å². The van der Waals surface area contributed by atoms with Crippen molar-refractivity contribution < 1.29 is 4.79 Å². The molecule has 3 heterocycles. The lowest BCUT2D eigenvalue weighted by Gasteiger charge is -2.34. The number of rotatable bonds is 5. The summed E-state index contributed by atoms with van der Waals surface area (Å²) in [5.41, 5.74) is 1.66. The van der Waals surface area contributed by atoms with Crippen LogP contribution in [0.4, 0.5) is 0 Å². The number of aromatic nitrogens is 4. The Morgan fingerprint density at radius 2 is 1.96 bits per heavy atom. The van der Waals surface area contributed by atoms with Crippen molar-refractivity contribution in [2.75, 3.05) is 26.2 Å². The summed E-state index contributed by atoms with van der Waals surface area (Å²) in [6.45, 7) is 4.36. The maximum absolute atomic E-state index is 12.8. The molecule has 0 radical (unpaired) electrons. The van der Waals surface area contributed by atoms with Crippen molar-refractivity contribution in [3.05, 3.63) is 69.7 Å². The van der Waals surface area contributed by atoms with E-state index in [-0.39, 0.29) is 5.91 Å². The van der Waals surface area contributed by atoms with Crippen LogP contribution in [-0.4, -0.2) is 61.4 Å². The van der Waals surface area contributed by atoms with Gasteiger partial charge in [0.15, 0.2) is 0 Å². The molecule has 1 aliphatic heterocycles. The van der Waals surface area contributed by atoms with Crippen LogP contribution in [0, 0.1) is 0 Å². The number of benzene rings is 1. The fraction of sp³-hybridized carbons (Fsp3) is 0.316. The molecule has 0 aliphatic carbocycles. The van der Waals surface area contributed by atoms with E-state index < -0.39 is 0 Å². The normalized spacial score (nSPS) is 15.1. The highest BCUT2D eigenvalue weighted by Crippen LogP contribution is 2.15. The van der Waals surface area contributed by atoms with Crippen LogP contribution in [0.5, 0.6) is 0 Å². The third-order valence-corrected chi connectivity index (χ3v) is 5.35. The van der Waals surface area contributed by atoms with Crippen molar-refractivity contribution in [3.8, 4) is 0 Å². The molecule has 28 heavy (non-hydrogen) atoms. The molecule has 1 amide bonds. The van der Waals surface area contributed by atoms with Crippen LogP contribution >= 0.6 is 27.5 Å². The van der Waals surface area contributed by atoms with E-state index in [1.807, 2.05) is 29.3 Å². The van der Waals surface area contributed by atoms with Gasteiger partial charge in [0.05, 0.1) is 10.7 Å². The first-order valence-electron chi connectivity index (χ1n) is 9.04. The molecular weight excluding hydrogens is 444 g/mol. The summed E-state index contributed by atoms with van der Waals surface area (Å²) in [5.74, 6) is -0.0252. The first kappa shape index (κ1) is 19.2. The summed E-state index contributed by atoms with van der Waals surface area (Å²) in [5, 5.41) is 9.36. The number of nitrogens with zero attached hydrogens (tertiary/aromatic N) is 6. The van der Waals surface area contributed by atoms with Gasteiger partial charge in [0, 0.05) is 50.1 Å². The smallest absolute Gasteiger partial charge is 0.274 e. The molecule has 9 heteroatoms. The Kier molecular flexibility index (Phi) is 5.79. The zero-order valence-electron chi connectivity index (χ0n) is 15.2. The van der Waals surface area contributed by atoms with Crippen LogP contribution in [0.1, 0.15) is 16.1 Å². The summed E-state index contributed by atoms with van der Waals surface area (Å²) in [4.78, 5) is 17.0. The zero-order valence-corrected chi connectivity index (χ0v) is 17.6. The Balaban J connectivity index is 1.31. The number of amides is 1. The van der Waals surface area contributed by atoms with Crippen LogP contribution in [0.25, 0.3) is 0 Å². The summed E-state index contributed by atoms with van der Waals surface area (Å²) in [6.07, 6.45) is 5.39. The summed E-state index contributed by atoms with van der Waals surface area (Å²) < 4.78 is 4.37. The molecular formula is C19H20BrClN6O. The third kappa shape index (κ3) is 4.63. The molecule has 0 saturated carbocycles. The molecule has 1 saturated heterocycles. The Labute approximate surface area is 176 Å². The summed E-state index contributed by atoms with van der Waals surface area (Å²) in [6, 6.07) is 9.68. The van der Waals surface area contributed by atoms with Crippen LogP contribution in [0.3, 0.4) is 0 Å². The molecule has 7 nitrogen and oxygen atoms in total.